The van der Waals surface area contributed by atoms with Crippen molar-refractivity contribution in [3.8, 4) is 61.8 Å². The smallest absolute Gasteiger partial charge is 0.160 e. The maximum Gasteiger partial charge on any atom is 0.160 e. The highest BCUT2D eigenvalue weighted by Gasteiger charge is 2.17. The lowest BCUT2D eigenvalue weighted by atomic mass is 9.93. The van der Waals surface area contributed by atoms with Gasteiger partial charge in [0.05, 0.1) is 29.3 Å². The summed E-state index contributed by atoms with van der Waals surface area (Å²) < 4.78 is 44.7. The van der Waals surface area contributed by atoms with Crippen LogP contribution < -0.4 is 0 Å². The SMILES string of the molecule is [2H]c1c([2H])c([2H])c(-n2c3ccccc3c3ccc(-c4ccc(-c5cc(-c6ccc(-c7ccccc7)cc6)nc(-c6ccccc6)n5)c5ccccc45)cc32)c([2H])c1[2H]. The average molecular weight is 681 g/mol. The van der Waals surface area contributed by atoms with E-state index >= 15 is 0 Å². The molecule has 0 saturated carbocycles. The number of benzene rings is 8. The number of rotatable bonds is 6. The summed E-state index contributed by atoms with van der Waals surface area (Å²) in [5, 5.41) is 3.90. The number of para-hydroxylation sites is 2. The Hall–Kier alpha value is -7.10. The van der Waals surface area contributed by atoms with Gasteiger partial charge in [-0.05, 0) is 63.3 Å². The molecule has 2 aromatic heterocycles. The molecule has 0 saturated heterocycles. The van der Waals surface area contributed by atoms with Gasteiger partial charge in [0.1, 0.15) is 0 Å². The molecule has 53 heavy (non-hydrogen) atoms. The molecular formula is C50H33N3. The maximum atomic E-state index is 8.87. The van der Waals surface area contributed by atoms with Crippen LogP contribution in [-0.4, -0.2) is 14.5 Å². The summed E-state index contributed by atoms with van der Waals surface area (Å²) >= 11 is 0. The Bertz CT molecular complexity index is 3190. The van der Waals surface area contributed by atoms with Crippen molar-refractivity contribution in [2.24, 2.45) is 0 Å². The summed E-state index contributed by atoms with van der Waals surface area (Å²) in [6.07, 6.45) is 0. The van der Waals surface area contributed by atoms with E-state index in [0.29, 0.717) is 5.82 Å². The topological polar surface area (TPSA) is 30.7 Å². The molecule has 0 aliphatic heterocycles. The minimum absolute atomic E-state index is 0.123. The second kappa shape index (κ2) is 12.9. The van der Waals surface area contributed by atoms with Gasteiger partial charge in [-0.15, -0.1) is 0 Å². The lowest BCUT2D eigenvalue weighted by molar-refractivity contribution is 1.18. The van der Waals surface area contributed by atoms with E-state index in [1.54, 1.807) is 0 Å². The van der Waals surface area contributed by atoms with Gasteiger partial charge in [-0.1, -0.05) is 170 Å². The minimum atomic E-state index is -0.417. The molecule has 0 radical (unpaired) electrons. The zero-order chi connectivity index (χ0) is 39.5. The number of hydrogen-bond acceptors (Lipinski definition) is 2. The molecule has 0 amide bonds. The van der Waals surface area contributed by atoms with Crippen LogP contribution in [0.2, 0.25) is 0 Å². The van der Waals surface area contributed by atoms with Crippen molar-refractivity contribution in [2.45, 2.75) is 0 Å². The first-order valence-electron chi connectivity index (χ1n) is 20.1. The maximum absolute atomic E-state index is 8.87. The van der Waals surface area contributed by atoms with E-state index in [1.807, 2.05) is 89.5 Å². The van der Waals surface area contributed by atoms with E-state index in [-0.39, 0.29) is 29.9 Å². The highest BCUT2D eigenvalue weighted by atomic mass is 15.0. The van der Waals surface area contributed by atoms with Crippen molar-refractivity contribution in [3.05, 3.63) is 200 Å². The van der Waals surface area contributed by atoms with Gasteiger partial charge in [-0.3, -0.25) is 0 Å². The summed E-state index contributed by atoms with van der Waals surface area (Å²) in [4.78, 5) is 10.3. The van der Waals surface area contributed by atoms with Gasteiger partial charge in [0.15, 0.2) is 5.82 Å². The molecule has 248 valence electrons. The second-order valence-electron chi connectivity index (χ2n) is 13.0. The van der Waals surface area contributed by atoms with Gasteiger partial charge in [-0.25, -0.2) is 9.97 Å². The number of aromatic nitrogens is 3. The van der Waals surface area contributed by atoms with Crippen LogP contribution in [0, 0.1) is 0 Å². The molecule has 0 atom stereocenters. The van der Waals surface area contributed by atoms with Gasteiger partial charge >= 0.3 is 0 Å². The molecule has 0 fully saturated rings. The molecule has 3 heteroatoms. The van der Waals surface area contributed by atoms with Crippen molar-refractivity contribution < 1.29 is 6.85 Å². The van der Waals surface area contributed by atoms with Gasteiger partial charge in [0.25, 0.3) is 0 Å². The van der Waals surface area contributed by atoms with Crippen molar-refractivity contribution >= 4 is 32.6 Å². The second-order valence-corrected chi connectivity index (χ2v) is 13.0. The van der Waals surface area contributed by atoms with Crippen LogP contribution in [-0.2, 0) is 0 Å². The number of fused-ring (bicyclic) bond motifs is 4. The Morgan fingerprint density at radius 3 is 1.68 bits per heavy atom. The van der Waals surface area contributed by atoms with Gasteiger partial charge in [-0.2, -0.15) is 0 Å². The van der Waals surface area contributed by atoms with Gasteiger partial charge in [0, 0.05) is 33.2 Å². The molecule has 0 spiro atoms. The van der Waals surface area contributed by atoms with Crippen LogP contribution in [0.15, 0.2) is 200 Å². The van der Waals surface area contributed by atoms with Crippen molar-refractivity contribution in [2.75, 3.05) is 0 Å². The summed E-state index contributed by atoms with van der Waals surface area (Å²) in [5.41, 5.74) is 10.4. The third-order valence-electron chi connectivity index (χ3n) is 9.94. The summed E-state index contributed by atoms with van der Waals surface area (Å²) in [6.45, 7) is 0. The molecule has 0 bridgehead atoms. The van der Waals surface area contributed by atoms with Crippen molar-refractivity contribution in [3.63, 3.8) is 0 Å². The molecular weight excluding hydrogens is 643 g/mol. The van der Waals surface area contributed by atoms with Crippen LogP contribution in [0.3, 0.4) is 0 Å². The molecule has 0 aliphatic rings. The monoisotopic (exact) mass is 680 g/mol. The molecule has 0 unspecified atom stereocenters. The molecule has 0 N–H and O–H groups in total. The molecule has 10 aromatic rings. The van der Waals surface area contributed by atoms with Crippen molar-refractivity contribution in [1.29, 1.82) is 0 Å². The Balaban J connectivity index is 1.15. The first-order valence-corrected chi connectivity index (χ1v) is 17.6. The van der Waals surface area contributed by atoms with Gasteiger partial charge in [0.2, 0.25) is 0 Å². The highest BCUT2D eigenvalue weighted by Crippen LogP contribution is 2.40. The van der Waals surface area contributed by atoms with E-state index in [9.17, 15) is 0 Å². The van der Waals surface area contributed by atoms with Crippen LogP contribution in [0.5, 0.6) is 0 Å². The predicted octanol–water partition coefficient (Wildman–Crippen LogP) is 13.1. The van der Waals surface area contributed by atoms with E-state index in [4.69, 9.17) is 16.8 Å². The Kier molecular flexibility index (Phi) is 6.28. The first kappa shape index (κ1) is 25.8. The summed E-state index contributed by atoms with van der Waals surface area (Å²) in [7, 11) is 0. The zero-order valence-electron chi connectivity index (χ0n) is 33.5. The van der Waals surface area contributed by atoms with Crippen LogP contribution in [0.1, 0.15) is 6.85 Å². The van der Waals surface area contributed by atoms with E-state index in [0.717, 1.165) is 82.9 Å². The quantitative estimate of drug-likeness (QED) is 0.175. The molecule has 10 rings (SSSR count). The number of hydrogen-bond donors (Lipinski definition) is 0. The summed E-state index contributed by atoms with van der Waals surface area (Å²) in [5.74, 6) is 0.638. The molecule has 3 nitrogen and oxygen atoms in total. The van der Waals surface area contributed by atoms with Crippen molar-refractivity contribution in [1.82, 2.24) is 14.5 Å². The third-order valence-corrected chi connectivity index (χ3v) is 9.94. The third kappa shape index (κ3) is 5.47. The first-order chi connectivity index (χ1) is 28.4. The Morgan fingerprint density at radius 1 is 0.377 bits per heavy atom. The fourth-order valence-electron chi connectivity index (χ4n) is 7.42. The highest BCUT2D eigenvalue weighted by molar-refractivity contribution is 6.12. The lowest BCUT2D eigenvalue weighted by Crippen LogP contribution is -1.97. The minimum Gasteiger partial charge on any atom is -0.309 e. The zero-order valence-corrected chi connectivity index (χ0v) is 28.5. The fraction of sp³-hybridized carbons (Fsp3) is 0. The molecule has 2 heterocycles. The number of nitrogens with zero attached hydrogens (tertiary/aromatic N) is 3. The van der Waals surface area contributed by atoms with Crippen LogP contribution >= 0.6 is 0 Å². The van der Waals surface area contributed by atoms with E-state index in [2.05, 4.69) is 84.9 Å². The predicted molar refractivity (Wildman–Crippen MR) is 221 cm³/mol. The normalized spacial score (nSPS) is 12.7. The Morgan fingerprint density at radius 2 is 0.925 bits per heavy atom. The van der Waals surface area contributed by atoms with E-state index < -0.39 is 6.04 Å². The summed E-state index contributed by atoms with van der Waals surface area (Å²) in [6, 6.07) is 55.8. The lowest BCUT2D eigenvalue weighted by Gasteiger charge is -2.14. The standard InChI is InChI=1S/C50H33N3/c1-4-14-34(15-5-1)35-24-26-36(27-25-35)46-33-47(52-50(51-46)37-16-6-2-7-17-37)43-31-30-40(41-20-10-11-21-42(41)43)38-28-29-45-44-22-12-13-23-48(44)53(49(45)32-38)39-18-8-3-9-19-39/h1-33H/i3D,8D,9D,18D,19D. The average Bonchev–Trinajstić information content (AvgIpc) is 3.61. The van der Waals surface area contributed by atoms with Crippen LogP contribution in [0.25, 0.3) is 94.4 Å². The fourth-order valence-corrected chi connectivity index (χ4v) is 7.42. The van der Waals surface area contributed by atoms with Crippen LogP contribution in [0.4, 0.5) is 0 Å². The molecule has 8 aromatic carbocycles. The van der Waals surface area contributed by atoms with E-state index in [1.165, 1.54) is 0 Å². The Labute approximate surface area is 315 Å². The largest absolute Gasteiger partial charge is 0.309 e. The van der Waals surface area contributed by atoms with Gasteiger partial charge < -0.3 is 4.57 Å². The molecule has 0 aliphatic carbocycles.